The van der Waals surface area contributed by atoms with Gasteiger partial charge in [-0.25, -0.2) is 4.98 Å². The number of aromatic nitrogens is 3. The SMILES string of the molecule is Cc1cc2nc(C(F)(F)F)cc(NCCCN)n2n1. The van der Waals surface area contributed by atoms with Crippen molar-refractivity contribution in [2.24, 2.45) is 5.73 Å². The lowest BCUT2D eigenvalue weighted by Gasteiger charge is -2.11. The van der Waals surface area contributed by atoms with Crippen molar-refractivity contribution in [1.82, 2.24) is 14.6 Å². The van der Waals surface area contributed by atoms with E-state index in [-0.39, 0.29) is 11.5 Å². The van der Waals surface area contributed by atoms with Crippen molar-refractivity contribution in [2.75, 3.05) is 18.4 Å². The first-order chi connectivity index (χ1) is 8.91. The lowest BCUT2D eigenvalue weighted by Crippen LogP contribution is -2.15. The Bertz CT molecular complexity index is 575. The molecule has 0 saturated heterocycles. The summed E-state index contributed by atoms with van der Waals surface area (Å²) in [5.41, 5.74) is 5.19. The van der Waals surface area contributed by atoms with E-state index in [2.05, 4.69) is 15.4 Å². The minimum Gasteiger partial charge on any atom is -0.370 e. The highest BCUT2D eigenvalue weighted by Gasteiger charge is 2.33. The predicted octanol–water partition coefficient (Wildman–Crippen LogP) is 1.82. The Morgan fingerprint density at radius 1 is 1.37 bits per heavy atom. The molecule has 0 aliphatic carbocycles. The summed E-state index contributed by atoms with van der Waals surface area (Å²) in [7, 11) is 0. The van der Waals surface area contributed by atoms with Gasteiger partial charge in [-0.15, -0.1) is 0 Å². The van der Waals surface area contributed by atoms with Crippen molar-refractivity contribution in [3.63, 3.8) is 0 Å². The van der Waals surface area contributed by atoms with Crippen LogP contribution in [0.2, 0.25) is 0 Å². The Morgan fingerprint density at radius 2 is 2.11 bits per heavy atom. The monoisotopic (exact) mass is 273 g/mol. The number of anilines is 1. The van der Waals surface area contributed by atoms with Gasteiger partial charge in [-0.2, -0.15) is 22.8 Å². The topological polar surface area (TPSA) is 68.2 Å². The minimum absolute atomic E-state index is 0.169. The molecule has 2 rings (SSSR count). The number of hydrogen-bond donors (Lipinski definition) is 2. The minimum atomic E-state index is -4.48. The van der Waals surface area contributed by atoms with Gasteiger partial charge in [0, 0.05) is 18.7 Å². The zero-order valence-electron chi connectivity index (χ0n) is 10.3. The van der Waals surface area contributed by atoms with Crippen LogP contribution < -0.4 is 11.1 Å². The van der Waals surface area contributed by atoms with Crippen molar-refractivity contribution in [3.05, 3.63) is 23.5 Å². The number of alkyl halides is 3. The predicted molar refractivity (Wildman–Crippen MR) is 64.9 cm³/mol. The molecule has 0 aliphatic heterocycles. The third-order valence-corrected chi connectivity index (χ3v) is 2.53. The first-order valence-electron chi connectivity index (χ1n) is 5.80. The van der Waals surface area contributed by atoms with Crippen molar-refractivity contribution in [3.8, 4) is 0 Å². The summed E-state index contributed by atoms with van der Waals surface area (Å²) in [6.07, 6.45) is -3.82. The third-order valence-electron chi connectivity index (χ3n) is 2.53. The highest BCUT2D eigenvalue weighted by atomic mass is 19.4. The van der Waals surface area contributed by atoms with Crippen LogP contribution in [-0.2, 0) is 6.18 Å². The van der Waals surface area contributed by atoms with E-state index in [9.17, 15) is 13.2 Å². The molecule has 0 amide bonds. The lowest BCUT2D eigenvalue weighted by atomic mass is 10.3. The van der Waals surface area contributed by atoms with Gasteiger partial charge in [0.15, 0.2) is 11.3 Å². The van der Waals surface area contributed by atoms with Crippen LogP contribution in [0.3, 0.4) is 0 Å². The van der Waals surface area contributed by atoms with Gasteiger partial charge in [-0.05, 0) is 19.9 Å². The van der Waals surface area contributed by atoms with Gasteiger partial charge in [0.1, 0.15) is 5.82 Å². The Labute approximate surface area is 107 Å². The molecule has 0 atom stereocenters. The van der Waals surface area contributed by atoms with E-state index in [1.165, 1.54) is 10.6 Å². The summed E-state index contributed by atoms with van der Waals surface area (Å²) >= 11 is 0. The number of nitrogens with zero attached hydrogens (tertiary/aromatic N) is 3. The molecule has 3 N–H and O–H groups in total. The number of fused-ring (bicyclic) bond motifs is 1. The number of hydrogen-bond acceptors (Lipinski definition) is 4. The van der Waals surface area contributed by atoms with E-state index < -0.39 is 11.9 Å². The quantitative estimate of drug-likeness (QED) is 0.834. The number of aryl methyl sites for hydroxylation is 1. The van der Waals surface area contributed by atoms with E-state index >= 15 is 0 Å². The van der Waals surface area contributed by atoms with Crippen LogP contribution in [0.25, 0.3) is 5.65 Å². The van der Waals surface area contributed by atoms with Crippen molar-refractivity contribution in [2.45, 2.75) is 19.5 Å². The van der Waals surface area contributed by atoms with E-state index in [1.807, 2.05) is 0 Å². The number of rotatable bonds is 4. The Kier molecular flexibility index (Phi) is 3.61. The fourth-order valence-electron chi connectivity index (χ4n) is 1.68. The normalized spacial score (nSPS) is 12.1. The molecule has 5 nitrogen and oxygen atoms in total. The molecule has 0 spiro atoms. The number of halogens is 3. The summed E-state index contributed by atoms with van der Waals surface area (Å²) in [5, 5.41) is 7.00. The zero-order chi connectivity index (χ0) is 14.0. The highest BCUT2D eigenvalue weighted by molar-refractivity contribution is 5.50. The van der Waals surface area contributed by atoms with Gasteiger partial charge >= 0.3 is 6.18 Å². The van der Waals surface area contributed by atoms with Crippen molar-refractivity contribution >= 4 is 11.5 Å². The first-order valence-corrected chi connectivity index (χ1v) is 5.80. The number of nitrogens with one attached hydrogen (secondary N) is 1. The first kappa shape index (κ1) is 13.6. The van der Waals surface area contributed by atoms with E-state index in [4.69, 9.17) is 5.73 Å². The van der Waals surface area contributed by atoms with Crippen LogP contribution in [0.15, 0.2) is 12.1 Å². The lowest BCUT2D eigenvalue weighted by molar-refractivity contribution is -0.141. The summed E-state index contributed by atoms with van der Waals surface area (Å²) < 4.78 is 39.6. The Balaban J connectivity index is 2.45. The van der Waals surface area contributed by atoms with Crippen LogP contribution in [0, 0.1) is 6.92 Å². The van der Waals surface area contributed by atoms with Crippen LogP contribution in [0.4, 0.5) is 19.0 Å². The Morgan fingerprint density at radius 3 is 2.74 bits per heavy atom. The standard InChI is InChI=1S/C11H14F3N5/c1-7-5-10-17-8(11(12,13)14)6-9(19(10)18-7)16-4-2-3-15/h5-6,16H,2-4,15H2,1H3. The summed E-state index contributed by atoms with van der Waals surface area (Å²) in [6, 6.07) is 2.46. The second-order valence-electron chi connectivity index (χ2n) is 4.15. The highest BCUT2D eigenvalue weighted by Crippen LogP contribution is 2.30. The molecule has 2 aromatic rings. The maximum absolute atomic E-state index is 12.8. The van der Waals surface area contributed by atoms with Crippen LogP contribution in [0.5, 0.6) is 0 Å². The van der Waals surface area contributed by atoms with Gasteiger partial charge in [0.25, 0.3) is 0 Å². The second kappa shape index (κ2) is 5.04. The molecule has 2 heterocycles. The van der Waals surface area contributed by atoms with Gasteiger partial charge in [-0.3, -0.25) is 0 Å². The van der Waals surface area contributed by atoms with Crippen LogP contribution in [-0.4, -0.2) is 27.7 Å². The maximum Gasteiger partial charge on any atom is 0.433 e. The summed E-state index contributed by atoms with van der Waals surface area (Å²) in [4.78, 5) is 3.57. The molecule has 8 heteroatoms. The van der Waals surface area contributed by atoms with Gasteiger partial charge in [0.2, 0.25) is 0 Å². The van der Waals surface area contributed by atoms with Crippen LogP contribution in [0.1, 0.15) is 17.8 Å². The summed E-state index contributed by atoms with van der Waals surface area (Å²) in [6.45, 7) is 2.64. The molecule has 0 bridgehead atoms. The average molecular weight is 273 g/mol. The molecule has 0 unspecified atom stereocenters. The van der Waals surface area contributed by atoms with E-state index in [1.54, 1.807) is 6.92 Å². The van der Waals surface area contributed by atoms with Gasteiger partial charge < -0.3 is 11.1 Å². The molecule has 0 saturated carbocycles. The smallest absolute Gasteiger partial charge is 0.370 e. The van der Waals surface area contributed by atoms with Crippen molar-refractivity contribution < 1.29 is 13.2 Å². The van der Waals surface area contributed by atoms with Gasteiger partial charge in [0.05, 0.1) is 5.69 Å². The maximum atomic E-state index is 12.8. The number of nitrogens with two attached hydrogens (primary N) is 1. The third kappa shape index (κ3) is 2.95. The van der Waals surface area contributed by atoms with Crippen LogP contribution >= 0.6 is 0 Å². The fourth-order valence-corrected chi connectivity index (χ4v) is 1.68. The Hall–Kier alpha value is -1.83. The molecular formula is C11H14F3N5. The molecule has 0 aromatic carbocycles. The zero-order valence-corrected chi connectivity index (χ0v) is 10.3. The molecule has 2 aromatic heterocycles. The fraction of sp³-hybridized carbons (Fsp3) is 0.455. The largest absolute Gasteiger partial charge is 0.433 e. The van der Waals surface area contributed by atoms with E-state index in [0.29, 0.717) is 25.2 Å². The van der Waals surface area contributed by atoms with Crippen molar-refractivity contribution in [1.29, 1.82) is 0 Å². The molecule has 19 heavy (non-hydrogen) atoms. The summed E-state index contributed by atoms with van der Waals surface area (Å²) in [5.74, 6) is 0.263. The molecule has 104 valence electrons. The molecule has 0 aliphatic rings. The van der Waals surface area contributed by atoms with E-state index in [0.717, 1.165) is 6.07 Å². The molecule has 0 radical (unpaired) electrons. The molecule has 0 fully saturated rings. The average Bonchev–Trinajstić information content (AvgIpc) is 2.68. The molecular weight excluding hydrogens is 259 g/mol. The second-order valence-corrected chi connectivity index (χ2v) is 4.15. The van der Waals surface area contributed by atoms with Gasteiger partial charge in [-0.1, -0.05) is 0 Å².